The number of aromatic nitrogens is 1. The lowest BCUT2D eigenvalue weighted by atomic mass is 10.3. The molecule has 0 fully saturated rings. The number of hydrogen-bond donors (Lipinski definition) is 1. The van der Waals surface area contributed by atoms with Gasteiger partial charge in [-0.25, -0.2) is 12.7 Å². The third-order valence-electron chi connectivity index (χ3n) is 2.74. The zero-order chi connectivity index (χ0) is 15.2. The van der Waals surface area contributed by atoms with Gasteiger partial charge in [0.1, 0.15) is 4.16 Å². The van der Waals surface area contributed by atoms with E-state index in [-0.39, 0.29) is 12.5 Å². The largest absolute Gasteiger partial charge is 0.350 e. The van der Waals surface area contributed by atoms with E-state index in [0.29, 0.717) is 18.7 Å². The first kappa shape index (κ1) is 17.1. The second kappa shape index (κ2) is 7.70. The Morgan fingerprint density at radius 2 is 2.10 bits per heavy atom. The molecule has 1 atom stereocenters. The van der Waals surface area contributed by atoms with Gasteiger partial charge in [-0.1, -0.05) is 29.8 Å². The fourth-order valence-electron chi connectivity index (χ4n) is 1.62. The van der Waals surface area contributed by atoms with Crippen LogP contribution in [0.3, 0.4) is 0 Å². The quantitative estimate of drug-likeness (QED) is 0.738. The average Bonchev–Trinajstić information content (AvgIpc) is 2.46. The Morgan fingerprint density at radius 1 is 1.45 bits per heavy atom. The predicted octanol–water partition coefficient (Wildman–Crippen LogP) is 1.20. The first-order valence-corrected chi connectivity index (χ1v) is 8.66. The van der Waals surface area contributed by atoms with Gasteiger partial charge in [-0.3, -0.25) is 9.78 Å². The number of alkyl halides is 1. The van der Waals surface area contributed by atoms with Gasteiger partial charge in [-0.05, 0) is 12.1 Å². The summed E-state index contributed by atoms with van der Waals surface area (Å²) >= 11 is 3.12. The van der Waals surface area contributed by atoms with Crippen molar-refractivity contribution in [1.29, 1.82) is 0 Å². The van der Waals surface area contributed by atoms with E-state index in [2.05, 4.69) is 26.2 Å². The molecule has 1 aromatic rings. The Morgan fingerprint density at radius 3 is 2.60 bits per heavy atom. The summed E-state index contributed by atoms with van der Waals surface area (Å²) in [7, 11) is -3.46. The second-order valence-electron chi connectivity index (χ2n) is 3.99. The number of hydrogen-bond acceptors (Lipinski definition) is 4. The van der Waals surface area contributed by atoms with Gasteiger partial charge in [0, 0.05) is 32.0 Å². The molecule has 0 saturated heterocycles. The number of pyridine rings is 1. The lowest BCUT2D eigenvalue weighted by Gasteiger charge is -2.22. The first-order chi connectivity index (χ1) is 9.43. The summed E-state index contributed by atoms with van der Waals surface area (Å²) in [6, 6.07) is 3.26. The highest BCUT2D eigenvalue weighted by Gasteiger charge is 2.28. The van der Waals surface area contributed by atoms with Crippen LogP contribution in [-0.2, 0) is 10.0 Å². The molecule has 1 N–H and O–H groups in total. The van der Waals surface area contributed by atoms with E-state index in [4.69, 9.17) is 0 Å². The number of carbonyl (C=O) groups excluding carboxylic acids is 1. The fraction of sp³-hybridized carbons (Fsp3) is 0.500. The van der Waals surface area contributed by atoms with Gasteiger partial charge < -0.3 is 5.32 Å². The van der Waals surface area contributed by atoms with Crippen molar-refractivity contribution in [2.75, 3.05) is 19.6 Å². The zero-order valence-electron chi connectivity index (χ0n) is 11.4. The van der Waals surface area contributed by atoms with Gasteiger partial charge in [0.05, 0.1) is 5.56 Å². The maximum absolute atomic E-state index is 12.2. The maximum Gasteiger partial charge on any atom is 0.252 e. The molecule has 0 aliphatic carbocycles. The summed E-state index contributed by atoms with van der Waals surface area (Å²) in [5, 5.41) is 2.58. The van der Waals surface area contributed by atoms with Gasteiger partial charge in [-0.2, -0.15) is 0 Å². The zero-order valence-corrected chi connectivity index (χ0v) is 13.8. The van der Waals surface area contributed by atoms with Crippen LogP contribution in [0, 0.1) is 0 Å². The van der Waals surface area contributed by atoms with Crippen LogP contribution in [-0.4, -0.2) is 47.4 Å². The van der Waals surface area contributed by atoms with Crippen LogP contribution in [0.2, 0.25) is 0 Å². The molecule has 1 heterocycles. The van der Waals surface area contributed by atoms with E-state index in [1.54, 1.807) is 32.2 Å². The van der Waals surface area contributed by atoms with E-state index in [9.17, 15) is 13.2 Å². The monoisotopic (exact) mass is 363 g/mol. The van der Waals surface area contributed by atoms with Gasteiger partial charge in [0.15, 0.2) is 0 Å². The minimum atomic E-state index is -3.46. The molecule has 20 heavy (non-hydrogen) atoms. The third-order valence-corrected chi connectivity index (χ3v) is 6.53. The number of amides is 1. The molecule has 112 valence electrons. The van der Waals surface area contributed by atoms with E-state index in [1.807, 2.05) is 0 Å². The van der Waals surface area contributed by atoms with Crippen molar-refractivity contribution in [3.63, 3.8) is 0 Å². The number of sulfonamides is 1. The molecule has 0 saturated carbocycles. The van der Waals surface area contributed by atoms with Crippen LogP contribution in [0.15, 0.2) is 24.5 Å². The van der Waals surface area contributed by atoms with Crippen LogP contribution in [0.25, 0.3) is 0 Å². The van der Waals surface area contributed by atoms with Crippen LogP contribution in [0.5, 0.6) is 0 Å². The molecule has 0 aromatic carbocycles. The molecule has 0 aliphatic rings. The number of halogens is 1. The lowest BCUT2D eigenvalue weighted by molar-refractivity contribution is 0.0955. The van der Waals surface area contributed by atoms with Crippen LogP contribution < -0.4 is 5.32 Å². The van der Waals surface area contributed by atoms with E-state index in [1.165, 1.54) is 10.5 Å². The fourth-order valence-corrected chi connectivity index (χ4v) is 3.83. The Labute approximate surface area is 127 Å². The highest BCUT2D eigenvalue weighted by Crippen LogP contribution is 2.14. The molecule has 0 spiro atoms. The highest BCUT2D eigenvalue weighted by molar-refractivity contribution is 9.11. The minimum absolute atomic E-state index is 0.00738. The summed E-state index contributed by atoms with van der Waals surface area (Å²) in [4.78, 5) is 15.6. The minimum Gasteiger partial charge on any atom is -0.350 e. The van der Waals surface area contributed by atoms with Crippen LogP contribution in [0.1, 0.15) is 24.2 Å². The maximum atomic E-state index is 12.2. The third kappa shape index (κ3) is 4.26. The van der Waals surface area contributed by atoms with E-state index < -0.39 is 14.2 Å². The van der Waals surface area contributed by atoms with Crippen molar-refractivity contribution in [3.8, 4) is 0 Å². The Balaban J connectivity index is 2.64. The van der Waals surface area contributed by atoms with Crippen molar-refractivity contribution >= 4 is 31.9 Å². The Hall–Kier alpha value is -0.990. The summed E-state index contributed by atoms with van der Waals surface area (Å²) in [5.74, 6) is -0.350. The lowest BCUT2D eigenvalue weighted by Crippen LogP contribution is -2.41. The van der Waals surface area contributed by atoms with Crippen molar-refractivity contribution < 1.29 is 13.2 Å². The molecular formula is C12H18BrN3O3S. The number of nitrogens with zero attached hydrogens (tertiary/aromatic N) is 2. The molecule has 0 aliphatic heterocycles. The van der Waals surface area contributed by atoms with Gasteiger partial charge in [0.2, 0.25) is 10.0 Å². The van der Waals surface area contributed by atoms with Crippen molar-refractivity contribution in [3.05, 3.63) is 30.1 Å². The summed E-state index contributed by atoms with van der Waals surface area (Å²) < 4.78 is 24.8. The average molecular weight is 364 g/mol. The highest BCUT2D eigenvalue weighted by atomic mass is 79.9. The molecule has 1 aromatic heterocycles. The smallest absolute Gasteiger partial charge is 0.252 e. The molecule has 6 nitrogen and oxygen atoms in total. The summed E-state index contributed by atoms with van der Waals surface area (Å²) in [5.41, 5.74) is 0.396. The number of nitrogens with one attached hydrogen (secondary N) is 1. The predicted molar refractivity (Wildman–Crippen MR) is 81.1 cm³/mol. The van der Waals surface area contributed by atoms with Crippen molar-refractivity contribution in [2.24, 2.45) is 0 Å². The first-order valence-electron chi connectivity index (χ1n) is 6.24. The topological polar surface area (TPSA) is 79.4 Å². The van der Waals surface area contributed by atoms with Gasteiger partial charge in [-0.15, -0.1) is 0 Å². The molecule has 1 rings (SSSR count). The molecule has 8 heteroatoms. The van der Waals surface area contributed by atoms with Crippen LogP contribution >= 0.6 is 15.9 Å². The van der Waals surface area contributed by atoms with Crippen LogP contribution in [0.4, 0.5) is 0 Å². The van der Waals surface area contributed by atoms with Crippen molar-refractivity contribution in [2.45, 2.75) is 18.0 Å². The number of carbonyl (C=O) groups is 1. The molecule has 1 amide bonds. The Kier molecular flexibility index (Phi) is 6.57. The molecule has 1 unspecified atom stereocenters. The second-order valence-corrected chi connectivity index (χ2v) is 7.82. The standard InChI is InChI=1S/C12H18BrN3O3S/c1-3-16(4-2)20(18,19)11(13)9-15-12(17)10-6-5-7-14-8-10/h5-8,11H,3-4,9H2,1-2H3,(H,15,17). The van der Waals surface area contributed by atoms with E-state index >= 15 is 0 Å². The van der Waals surface area contributed by atoms with Gasteiger partial charge in [0.25, 0.3) is 5.91 Å². The van der Waals surface area contributed by atoms with Gasteiger partial charge >= 0.3 is 0 Å². The van der Waals surface area contributed by atoms with Crippen molar-refractivity contribution in [1.82, 2.24) is 14.6 Å². The number of rotatable bonds is 7. The SMILES string of the molecule is CCN(CC)S(=O)(=O)C(Br)CNC(=O)c1cccnc1. The normalized spacial score (nSPS) is 13.2. The Bertz CT molecular complexity index is 532. The van der Waals surface area contributed by atoms with E-state index in [0.717, 1.165) is 0 Å². The molecule has 0 radical (unpaired) electrons. The molecule has 0 bridgehead atoms. The summed E-state index contributed by atoms with van der Waals surface area (Å²) in [6.45, 7) is 4.34. The molecular weight excluding hydrogens is 346 g/mol. The summed E-state index contributed by atoms with van der Waals surface area (Å²) in [6.07, 6.45) is 2.99.